The van der Waals surface area contributed by atoms with Gasteiger partial charge in [0, 0.05) is 5.92 Å². The molecule has 4 N–H and O–H groups in total. The van der Waals surface area contributed by atoms with Gasteiger partial charge in [-0.25, -0.2) is 0 Å². The van der Waals surface area contributed by atoms with Gasteiger partial charge in [-0.05, 0) is 26.7 Å². The Morgan fingerprint density at radius 2 is 2.17 bits per heavy atom. The molecule has 0 spiro atoms. The van der Waals surface area contributed by atoms with Crippen LogP contribution in [-0.4, -0.2) is 25.2 Å². The van der Waals surface area contributed by atoms with Gasteiger partial charge in [0.15, 0.2) is 0 Å². The van der Waals surface area contributed by atoms with E-state index >= 15 is 0 Å². The Morgan fingerprint density at radius 3 is 2.67 bits per heavy atom. The summed E-state index contributed by atoms with van der Waals surface area (Å²) in [4.78, 5) is 1.76. The van der Waals surface area contributed by atoms with E-state index in [1.54, 1.807) is 4.90 Å². The molecule has 1 aliphatic rings. The van der Waals surface area contributed by atoms with Crippen molar-refractivity contribution in [3.63, 3.8) is 0 Å². The Hall–Kier alpha value is -0.0800. The minimum absolute atomic E-state index is 0.256. The first kappa shape index (κ1) is 10.0. The molecule has 0 saturated carbocycles. The lowest BCUT2D eigenvalue weighted by Crippen LogP contribution is -3.16. The van der Waals surface area contributed by atoms with E-state index in [9.17, 15) is 0 Å². The molecule has 2 nitrogen and oxygen atoms in total. The maximum Gasteiger partial charge on any atom is 0.138 e. The van der Waals surface area contributed by atoms with Gasteiger partial charge < -0.3 is 10.6 Å². The van der Waals surface area contributed by atoms with Gasteiger partial charge in [-0.15, -0.1) is 0 Å². The first-order chi connectivity index (χ1) is 5.47. The van der Waals surface area contributed by atoms with E-state index in [2.05, 4.69) is 26.5 Å². The number of piperidine rings is 1. The molecule has 2 heteroatoms. The third-order valence-electron chi connectivity index (χ3n) is 2.59. The molecule has 0 aliphatic carbocycles. The molecule has 1 aliphatic heterocycles. The van der Waals surface area contributed by atoms with E-state index in [1.165, 1.54) is 32.5 Å². The van der Waals surface area contributed by atoms with E-state index in [0.717, 1.165) is 5.92 Å². The SMILES string of the molecule is C[C@@H]1CCC[NH+](CC(C)(C)[NH3+])C1. The minimum Gasteiger partial charge on any atom is -0.349 e. The number of nitrogens with one attached hydrogen (secondary N) is 1. The number of likely N-dealkylation sites (tertiary alicyclic amines) is 1. The van der Waals surface area contributed by atoms with Crippen LogP contribution in [0.1, 0.15) is 33.6 Å². The fraction of sp³-hybridized carbons (Fsp3) is 1.00. The largest absolute Gasteiger partial charge is 0.349 e. The highest BCUT2D eigenvalue weighted by Gasteiger charge is 2.27. The van der Waals surface area contributed by atoms with Crippen LogP contribution in [-0.2, 0) is 0 Å². The van der Waals surface area contributed by atoms with E-state index in [1.807, 2.05) is 0 Å². The standard InChI is InChI=1S/C10H22N2/c1-9-5-4-6-12(7-9)8-10(2,3)11/h9H,4-8,11H2,1-3H3/p+2/t9-/m1/s1. The summed E-state index contributed by atoms with van der Waals surface area (Å²) in [7, 11) is 0. The summed E-state index contributed by atoms with van der Waals surface area (Å²) >= 11 is 0. The summed E-state index contributed by atoms with van der Waals surface area (Å²) in [6.07, 6.45) is 2.84. The molecule has 0 bridgehead atoms. The molecule has 0 aromatic rings. The monoisotopic (exact) mass is 172 g/mol. The lowest BCUT2D eigenvalue weighted by atomic mass is 9.98. The molecule has 0 aromatic carbocycles. The van der Waals surface area contributed by atoms with Crippen LogP contribution >= 0.6 is 0 Å². The van der Waals surface area contributed by atoms with Crippen molar-refractivity contribution >= 4 is 0 Å². The highest BCUT2D eigenvalue weighted by atomic mass is 15.1. The van der Waals surface area contributed by atoms with Crippen molar-refractivity contribution < 1.29 is 10.6 Å². The summed E-state index contributed by atoms with van der Waals surface area (Å²) < 4.78 is 0. The first-order valence-electron chi connectivity index (χ1n) is 5.16. The normalized spacial score (nSPS) is 32.0. The number of hydrogen-bond donors (Lipinski definition) is 2. The second-order valence-electron chi connectivity index (χ2n) is 5.29. The molecule has 1 saturated heterocycles. The molecule has 12 heavy (non-hydrogen) atoms. The first-order valence-corrected chi connectivity index (χ1v) is 5.16. The van der Waals surface area contributed by atoms with Crippen molar-refractivity contribution in [3.8, 4) is 0 Å². The Bertz CT molecular complexity index is 137. The van der Waals surface area contributed by atoms with Crippen molar-refractivity contribution in [1.29, 1.82) is 0 Å². The molecule has 1 rings (SSSR count). The molecule has 0 amide bonds. The summed E-state index contributed by atoms with van der Waals surface area (Å²) in [5, 5.41) is 0. The fourth-order valence-corrected chi connectivity index (χ4v) is 2.23. The second-order valence-corrected chi connectivity index (χ2v) is 5.29. The molecule has 1 heterocycles. The molecule has 1 unspecified atom stereocenters. The van der Waals surface area contributed by atoms with Gasteiger partial charge in [0.2, 0.25) is 0 Å². The van der Waals surface area contributed by atoms with Crippen molar-refractivity contribution in [2.24, 2.45) is 5.92 Å². The van der Waals surface area contributed by atoms with Crippen LogP contribution in [0.15, 0.2) is 0 Å². The molecule has 2 atom stereocenters. The average molecular weight is 172 g/mol. The third-order valence-corrected chi connectivity index (χ3v) is 2.59. The van der Waals surface area contributed by atoms with Crippen LogP contribution in [0.25, 0.3) is 0 Å². The summed E-state index contributed by atoms with van der Waals surface area (Å²) in [6, 6.07) is 0. The predicted octanol–water partition coefficient (Wildman–Crippen LogP) is -0.678. The van der Waals surface area contributed by atoms with E-state index in [0.29, 0.717) is 0 Å². The lowest BCUT2D eigenvalue weighted by Gasteiger charge is -2.30. The van der Waals surface area contributed by atoms with Gasteiger partial charge in [-0.1, -0.05) is 6.92 Å². The van der Waals surface area contributed by atoms with Gasteiger partial charge in [0.1, 0.15) is 12.1 Å². The quantitative estimate of drug-likeness (QED) is 0.553. The highest BCUT2D eigenvalue weighted by molar-refractivity contribution is 4.62. The van der Waals surface area contributed by atoms with Crippen molar-refractivity contribution in [3.05, 3.63) is 0 Å². The Kier molecular flexibility index (Phi) is 3.13. The summed E-state index contributed by atoms with van der Waals surface area (Å²) in [5.41, 5.74) is 4.43. The van der Waals surface area contributed by atoms with E-state index in [-0.39, 0.29) is 5.54 Å². The van der Waals surface area contributed by atoms with Crippen LogP contribution in [0.2, 0.25) is 0 Å². The fourth-order valence-electron chi connectivity index (χ4n) is 2.23. The third kappa shape index (κ3) is 3.55. The number of rotatable bonds is 2. The molecular formula is C10H24N2+2. The predicted molar refractivity (Wildman–Crippen MR) is 50.9 cm³/mol. The maximum absolute atomic E-state index is 4.17. The Balaban J connectivity index is 2.32. The van der Waals surface area contributed by atoms with Crippen LogP contribution in [0, 0.1) is 5.92 Å². The second kappa shape index (κ2) is 3.75. The molecular weight excluding hydrogens is 148 g/mol. The molecule has 0 aromatic heterocycles. The smallest absolute Gasteiger partial charge is 0.138 e. The van der Waals surface area contributed by atoms with Gasteiger partial charge in [-0.2, -0.15) is 0 Å². The van der Waals surface area contributed by atoms with Gasteiger partial charge >= 0.3 is 0 Å². The van der Waals surface area contributed by atoms with E-state index in [4.69, 9.17) is 0 Å². The topological polar surface area (TPSA) is 32.1 Å². The average Bonchev–Trinajstić information content (AvgIpc) is 1.82. The van der Waals surface area contributed by atoms with Crippen LogP contribution < -0.4 is 10.6 Å². The highest BCUT2D eigenvalue weighted by Crippen LogP contribution is 2.05. The van der Waals surface area contributed by atoms with Gasteiger partial charge in [-0.3, -0.25) is 0 Å². The zero-order valence-electron chi connectivity index (χ0n) is 8.82. The van der Waals surface area contributed by atoms with Gasteiger partial charge in [0.25, 0.3) is 0 Å². The maximum atomic E-state index is 4.17. The van der Waals surface area contributed by atoms with Crippen LogP contribution in [0.3, 0.4) is 0 Å². The van der Waals surface area contributed by atoms with Crippen LogP contribution in [0.5, 0.6) is 0 Å². The van der Waals surface area contributed by atoms with Crippen molar-refractivity contribution in [2.45, 2.75) is 39.2 Å². The molecule has 72 valence electrons. The van der Waals surface area contributed by atoms with Crippen molar-refractivity contribution in [2.75, 3.05) is 19.6 Å². The Morgan fingerprint density at radius 1 is 1.50 bits per heavy atom. The zero-order valence-corrected chi connectivity index (χ0v) is 8.82. The Labute approximate surface area is 76.1 Å². The van der Waals surface area contributed by atoms with Crippen molar-refractivity contribution in [1.82, 2.24) is 0 Å². The van der Waals surface area contributed by atoms with E-state index < -0.39 is 0 Å². The number of hydrogen-bond acceptors (Lipinski definition) is 0. The minimum atomic E-state index is 0.256. The van der Waals surface area contributed by atoms with Crippen LogP contribution in [0.4, 0.5) is 0 Å². The van der Waals surface area contributed by atoms with Gasteiger partial charge in [0.05, 0.1) is 13.1 Å². The number of quaternary nitrogens is 2. The molecule has 0 radical (unpaired) electrons. The summed E-state index contributed by atoms with van der Waals surface area (Å²) in [5.74, 6) is 0.927. The lowest BCUT2D eigenvalue weighted by molar-refractivity contribution is -0.921. The molecule has 1 fully saturated rings. The summed E-state index contributed by atoms with van der Waals surface area (Å²) in [6.45, 7) is 10.8. The zero-order chi connectivity index (χ0) is 9.19.